The zero-order chi connectivity index (χ0) is 12.4. The van der Waals surface area contributed by atoms with Gasteiger partial charge in [-0.25, -0.2) is 0 Å². The summed E-state index contributed by atoms with van der Waals surface area (Å²) in [5, 5.41) is 0. The molecule has 1 heterocycles. The Bertz CT molecular complexity index is 428. The molecule has 0 fully saturated rings. The van der Waals surface area contributed by atoms with Gasteiger partial charge in [0.1, 0.15) is 0 Å². The molecule has 0 saturated heterocycles. The molecule has 0 radical (unpaired) electrons. The lowest BCUT2D eigenvalue weighted by atomic mass is 10.0. The number of halogens is 1. The number of benzene rings is 1. The van der Waals surface area contributed by atoms with Crippen LogP contribution in [0.15, 0.2) is 22.7 Å². The summed E-state index contributed by atoms with van der Waals surface area (Å²) in [6.07, 6.45) is 1.94. The molecule has 1 aliphatic rings. The summed E-state index contributed by atoms with van der Waals surface area (Å²) in [4.78, 5) is 14.0. The highest BCUT2D eigenvalue weighted by molar-refractivity contribution is 9.10. The topological polar surface area (TPSA) is 20.3 Å². The maximum Gasteiger partial charge on any atom is 0.225 e. The van der Waals surface area contributed by atoms with E-state index in [1.165, 1.54) is 11.1 Å². The molecule has 0 saturated carbocycles. The van der Waals surface area contributed by atoms with Crippen molar-refractivity contribution in [1.29, 1.82) is 0 Å². The number of rotatable bonds is 1. The van der Waals surface area contributed by atoms with Crippen molar-refractivity contribution < 1.29 is 4.79 Å². The Hall–Kier alpha value is -0.830. The lowest BCUT2D eigenvalue weighted by Crippen LogP contribution is -2.36. The third kappa shape index (κ3) is 2.89. The summed E-state index contributed by atoms with van der Waals surface area (Å²) in [5.74, 6) is 0.375. The van der Waals surface area contributed by atoms with Crippen LogP contribution in [0.5, 0.6) is 0 Å². The van der Waals surface area contributed by atoms with Crippen LogP contribution in [0.25, 0.3) is 0 Å². The number of fused-ring (bicyclic) bond motifs is 1. The Labute approximate surface area is 111 Å². The Morgan fingerprint density at radius 2 is 1.88 bits per heavy atom. The van der Waals surface area contributed by atoms with Crippen molar-refractivity contribution in [3.63, 3.8) is 0 Å². The number of nitrogens with zero attached hydrogens (tertiary/aromatic N) is 1. The van der Waals surface area contributed by atoms with Crippen LogP contribution in [-0.2, 0) is 17.6 Å². The van der Waals surface area contributed by atoms with Crippen molar-refractivity contribution in [1.82, 2.24) is 4.90 Å². The lowest BCUT2D eigenvalue weighted by Gasteiger charge is -2.22. The zero-order valence-electron chi connectivity index (χ0n) is 10.4. The number of carbonyl (C=O) groups excluding carboxylic acids is 1. The molecule has 0 aliphatic carbocycles. The fraction of sp³-hybridized carbons (Fsp3) is 0.500. The van der Waals surface area contributed by atoms with Gasteiger partial charge in [0.2, 0.25) is 5.91 Å². The van der Waals surface area contributed by atoms with E-state index >= 15 is 0 Å². The van der Waals surface area contributed by atoms with E-state index in [-0.39, 0.29) is 11.8 Å². The van der Waals surface area contributed by atoms with Crippen molar-refractivity contribution in [2.75, 3.05) is 13.1 Å². The second-order valence-electron chi connectivity index (χ2n) is 4.89. The minimum Gasteiger partial charge on any atom is -0.342 e. The number of carbonyl (C=O) groups is 1. The molecule has 0 unspecified atom stereocenters. The van der Waals surface area contributed by atoms with Gasteiger partial charge in [-0.05, 0) is 36.1 Å². The van der Waals surface area contributed by atoms with Crippen molar-refractivity contribution in [3.05, 3.63) is 33.8 Å². The van der Waals surface area contributed by atoms with Crippen LogP contribution in [0, 0.1) is 5.92 Å². The fourth-order valence-electron chi connectivity index (χ4n) is 2.28. The van der Waals surface area contributed by atoms with Gasteiger partial charge in [0.05, 0.1) is 0 Å². The number of amides is 1. The van der Waals surface area contributed by atoms with Gasteiger partial charge in [0.15, 0.2) is 0 Å². The van der Waals surface area contributed by atoms with Gasteiger partial charge in [0.25, 0.3) is 0 Å². The van der Waals surface area contributed by atoms with Crippen LogP contribution in [0.2, 0.25) is 0 Å². The molecule has 2 nitrogen and oxygen atoms in total. The first-order chi connectivity index (χ1) is 8.08. The predicted octanol–water partition coefficient (Wildman–Crippen LogP) is 3.03. The van der Waals surface area contributed by atoms with Crippen molar-refractivity contribution >= 4 is 21.8 Å². The minimum atomic E-state index is 0.1000. The lowest BCUT2D eigenvalue weighted by molar-refractivity contribution is -0.134. The third-order valence-corrected chi connectivity index (χ3v) is 3.77. The van der Waals surface area contributed by atoms with Gasteiger partial charge in [-0.3, -0.25) is 4.79 Å². The predicted molar refractivity (Wildman–Crippen MR) is 73.0 cm³/mol. The van der Waals surface area contributed by atoms with Crippen LogP contribution in [0.4, 0.5) is 0 Å². The number of hydrogen-bond donors (Lipinski definition) is 0. The molecule has 1 aromatic rings. The summed E-state index contributed by atoms with van der Waals surface area (Å²) in [6, 6.07) is 6.43. The van der Waals surface area contributed by atoms with Crippen LogP contribution >= 0.6 is 15.9 Å². The van der Waals surface area contributed by atoms with Crippen LogP contribution < -0.4 is 0 Å². The summed E-state index contributed by atoms with van der Waals surface area (Å²) >= 11 is 3.50. The van der Waals surface area contributed by atoms with Gasteiger partial charge < -0.3 is 4.90 Å². The van der Waals surface area contributed by atoms with Crippen molar-refractivity contribution in [2.45, 2.75) is 26.7 Å². The molecule has 0 aromatic heterocycles. The molecular weight excluding hydrogens is 278 g/mol. The molecule has 92 valence electrons. The van der Waals surface area contributed by atoms with E-state index in [0.29, 0.717) is 0 Å². The largest absolute Gasteiger partial charge is 0.342 e. The molecule has 0 spiro atoms. The highest BCUT2D eigenvalue weighted by atomic mass is 79.9. The highest BCUT2D eigenvalue weighted by Gasteiger charge is 2.20. The van der Waals surface area contributed by atoms with Crippen molar-refractivity contribution in [2.24, 2.45) is 5.92 Å². The first-order valence-corrected chi connectivity index (χ1v) is 6.93. The molecule has 1 aliphatic heterocycles. The first-order valence-electron chi connectivity index (χ1n) is 6.14. The van der Waals surface area contributed by atoms with Crippen molar-refractivity contribution in [3.8, 4) is 0 Å². The Kier molecular flexibility index (Phi) is 3.87. The summed E-state index contributed by atoms with van der Waals surface area (Å²) in [6.45, 7) is 5.64. The monoisotopic (exact) mass is 295 g/mol. The molecular formula is C14H18BrNO. The first kappa shape index (κ1) is 12.6. The minimum absolute atomic E-state index is 0.1000. The zero-order valence-corrected chi connectivity index (χ0v) is 12.0. The SMILES string of the molecule is CC(C)C(=O)N1CCc2ccc(Br)cc2CC1. The fourth-order valence-corrected chi connectivity index (χ4v) is 2.69. The van der Waals surface area contributed by atoms with E-state index in [1.54, 1.807) is 0 Å². The highest BCUT2D eigenvalue weighted by Crippen LogP contribution is 2.21. The molecule has 3 heteroatoms. The van der Waals surface area contributed by atoms with E-state index in [0.717, 1.165) is 30.4 Å². The van der Waals surface area contributed by atoms with E-state index in [9.17, 15) is 4.79 Å². The molecule has 2 rings (SSSR count). The second-order valence-corrected chi connectivity index (χ2v) is 5.81. The maximum atomic E-state index is 12.0. The standard InChI is InChI=1S/C14H18BrNO/c1-10(2)14(17)16-7-5-11-3-4-13(15)9-12(11)6-8-16/h3-4,9-10H,5-8H2,1-2H3. The average molecular weight is 296 g/mol. The normalized spacial score (nSPS) is 15.6. The van der Waals surface area contributed by atoms with E-state index < -0.39 is 0 Å². The van der Waals surface area contributed by atoms with E-state index in [4.69, 9.17) is 0 Å². The second kappa shape index (κ2) is 5.21. The Morgan fingerprint density at radius 1 is 1.24 bits per heavy atom. The van der Waals surface area contributed by atoms with Gasteiger partial charge in [-0.1, -0.05) is 35.8 Å². The molecule has 0 bridgehead atoms. The summed E-state index contributed by atoms with van der Waals surface area (Å²) in [5.41, 5.74) is 2.76. The molecule has 1 amide bonds. The smallest absolute Gasteiger partial charge is 0.225 e. The van der Waals surface area contributed by atoms with Crippen LogP contribution in [0.3, 0.4) is 0 Å². The molecule has 1 aromatic carbocycles. The summed E-state index contributed by atoms with van der Waals surface area (Å²) in [7, 11) is 0. The van der Waals surface area contributed by atoms with E-state index in [1.807, 2.05) is 18.7 Å². The number of hydrogen-bond acceptors (Lipinski definition) is 1. The van der Waals surface area contributed by atoms with Gasteiger partial charge >= 0.3 is 0 Å². The van der Waals surface area contributed by atoms with Gasteiger partial charge in [-0.2, -0.15) is 0 Å². The molecule has 0 atom stereocenters. The van der Waals surface area contributed by atoms with Gasteiger partial charge in [-0.15, -0.1) is 0 Å². The Balaban J connectivity index is 2.14. The van der Waals surface area contributed by atoms with E-state index in [2.05, 4.69) is 34.1 Å². The average Bonchev–Trinajstić information content (AvgIpc) is 2.50. The molecule has 0 N–H and O–H groups in total. The third-order valence-electron chi connectivity index (χ3n) is 3.28. The van der Waals surface area contributed by atoms with Gasteiger partial charge in [0, 0.05) is 23.5 Å². The van der Waals surface area contributed by atoms with Crippen LogP contribution in [-0.4, -0.2) is 23.9 Å². The Morgan fingerprint density at radius 3 is 2.53 bits per heavy atom. The maximum absolute atomic E-state index is 12.0. The van der Waals surface area contributed by atoms with Crippen LogP contribution in [0.1, 0.15) is 25.0 Å². The quantitative estimate of drug-likeness (QED) is 0.780. The summed E-state index contributed by atoms with van der Waals surface area (Å²) < 4.78 is 1.12. The molecule has 17 heavy (non-hydrogen) atoms.